The van der Waals surface area contributed by atoms with E-state index in [-0.39, 0.29) is 16.9 Å². The summed E-state index contributed by atoms with van der Waals surface area (Å²) in [7, 11) is 1.48. The molecule has 0 saturated carbocycles. The predicted octanol–water partition coefficient (Wildman–Crippen LogP) is 3.43. The molecule has 0 unspecified atom stereocenters. The van der Waals surface area contributed by atoms with Crippen molar-refractivity contribution in [1.82, 2.24) is 19.6 Å². The molecule has 3 heterocycles. The minimum atomic E-state index is -0.290. The highest BCUT2D eigenvalue weighted by Crippen LogP contribution is 2.20. The lowest BCUT2D eigenvalue weighted by atomic mass is 10.2. The molecule has 0 aliphatic heterocycles. The molecule has 162 valence electrons. The normalized spacial score (nSPS) is 10.8. The summed E-state index contributed by atoms with van der Waals surface area (Å²) in [6.45, 7) is 0.767. The fourth-order valence-electron chi connectivity index (χ4n) is 3.67. The van der Waals surface area contributed by atoms with Gasteiger partial charge in [0.1, 0.15) is 0 Å². The molecule has 0 saturated heterocycles. The lowest BCUT2D eigenvalue weighted by Gasteiger charge is -2.11. The molecule has 2 aromatic carbocycles. The molecule has 0 amide bonds. The van der Waals surface area contributed by atoms with Gasteiger partial charge in [0, 0.05) is 17.7 Å². The van der Waals surface area contributed by atoms with Crippen LogP contribution >= 0.6 is 0 Å². The van der Waals surface area contributed by atoms with E-state index in [1.807, 2.05) is 73.1 Å². The quantitative estimate of drug-likeness (QED) is 0.383. The fraction of sp³-hybridized carbons (Fsp3) is 0.0769. The van der Waals surface area contributed by atoms with Crippen LogP contribution in [0.5, 0.6) is 5.75 Å². The maximum absolute atomic E-state index is 13.1. The molecule has 0 radical (unpaired) electrons. The van der Waals surface area contributed by atoms with Gasteiger partial charge in [-0.25, -0.2) is 13.9 Å². The number of methoxy groups -OCH3 is 1. The Balaban J connectivity index is 1.54. The van der Waals surface area contributed by atoms with Gasteiger partial charge >= 0.3 is 0 Å². The zero-order chi connectivity index (χ0) is 22.6. The molecule has 5 rings (SSSR count). The Kier molecular flexibility index (Phi) is 5.51. The van der Waals surface area contributed by atoms with Gasteiger partial charge in [-0.05, 0) is 18.2 Å². The van der Waals surface area contributed by atoms with E-state index in [1.54, 1.807) is 27.8 Å². The molecule has 5 aromatic rings. The van der Waals surface area contributed by atoms with Gasteiger partial charge in [-0.2, -0.15) is 10.2 Å². The number of hydrogen-bond acceptors (Lipinski definition) is 4. The summed E-state index contributed by atoms with van der Waals surface area (Å²) in [5, 5.41) is 9.05. The number of hydrogen-bond donors (Lipinski definition) is 0. The van der Waals surface area contributed by atoms with Crippen LogP contribution in [0.1, 0.15) is 5.56 Å². The zero-order valence-electron chi connectivity index (χ0n) is 18.1. The van der Waals surface area contributed by atoms with Crippen LogP contribution in [0, 0.1) is 0 Å². The second-order valence-corrected chi connectivity index (χ2v) is 7.50. The lowest BCUT2D eigenvalue weighted by Crippen LogP contribution is -2.33. The maximum atomic E-state index is 13.1. The van der Waals surface area contributed by atoms with Gasteiger partial charge in [0.05, 0.1) is 36.6 Å². The average molecular weight is 436 g/mol. The predicted molar refractivity (Wildman–Crippen MR) is 125 cm³/mol. The minimum Gasteiger partial charge on any atom is -0.491 e. The van der Waals surface area contributed by atoms with E-state index in [0.717, 1.165) is 17.9 Å². The molecule has 0 spiro atoms. The molecule has 33 heavy (non-hydrogen) atoms. The van der Waals surface area contributed by atoms with Crippen LogP contribution < -0.4 is 14.7 Å². The molecule has 0 atom stereocenters. The molecule has 0 fully saturated rings. The monoisotopic (exact) mass is 436 g/mol. The number of benzene rings is 2. The van der Waals surface area contributed by atoms with E-state index in [0.29, 0.717) is 5.69 Å². The van der Waals surface area contributed by atoms with Gasteiger partial charge in [-0.15, -0.1) is 0 Å². The van der Waals surface area contributed by atoms with Crippen LogP contribution in [0.4, 0.5) is 0 Å². The summed E-state index contributed by atoms with van der Waals surface area (Å²) in [5.41, 5.74) is 3.43. The van der Waals surface area contributed by atoms with Gasteiger partial charge in [-0.1, -0.05) is 48.5 Å². The highest BCUT2D eigenvalue weighted by molar-refractivity contribution is 5.59. The molecule has 0 aliphatic rings. The largest absolute Gasteiger partial charge is 0.491 e. The highest BCUT2D eigenvalue weighted by atomic mass is 16.5. The lowest BCUT2D eigenvalue weighted by molar-refractivity contribution is -0.688. The van der Waals surface area contributed by atoms with E-state index in [1.165, 1.54) is 12.7 Å². The summed E-state index contributed by atoms with van der Waals surface area (Å²) in [6.07, 6.45) is 7.24. The topological polar surface area (TPSA) is 65.8 Å². The van der Waals surface area contributed by atoms with E-state index in [4.69, 9.17) is 4.74 Å². The summed E-state index contributed by atoms with van der Waals surface area (Å²) in [6, 6.07) is 25.6. The Bertz CT molecular complexity index is 1430. The van der Waals surface area contributed by atoms with Crippen LogP contribution in [-0.4, -0.2) is 26.7 Å². The first-order valence-electron chi connectivity index (χ1n) is 10.5. The van der Waals surface area contributed by atoms with Gasteiger partial charge in [0.2, 0.25) is 0 Å². The van der Waals surface area contributed by atoms with Crippen molar-refractivity contribution in [3.63, 3.8) is 0 Å². The first-order chi connectivity index (χ1) is 16.2. The molecule has 0 bridgehead atoms. The van der Waals surface area contributed by atoms with Crippen LogP contribution in [-0.2, 0) is 6.54 Å². The number of aromatic nitrogens is 5. The van der Waals surface area contributed by atoms with E-state index < -0.39 is 0 Å². The molecule has 0 aliphatic carbocycles. The van der Waals surface area contributed by atoms with Crippen molar-refractivity contribution < 1.29 is 9.30 Å². The first kappa shape index (κ1) is 20.4. The SMILES string of the molecule is COc1cn(-c2cc[n+](Cc3ccccc3)cc2)nc(-c2ccnn2-c2ccccc2)c1=O. The Morgan fingerprint density at radius 1 is 0.879 bits per heavy atom. The maximum Gasteiger partial charge on any atom is 0.251 e. The van der Waals surface area contributed by atoms with Crippen molar-refractivity contribution in [2.45, 2.75) is 6.54 Å². The average Bonchev–Trinajstić information content (AvgIpc) is 3.36. The minimum absolute atomic E-state index is 0.210. The van der Waals surface area contributed by atoms with Crippen LogP contribution in [0.2, 0.25) is 0 Å². The number of pyridine rings is 1. The Labute approximate surface area is 190 Å². The van der Waals surface area contributed by atoms with Gasteiger partial charge in [0.15, 0.2) is 30.4 Å². The molecule has 3 aromatic heterocycles. The second kappa shape index (κ2) is 8.92. The van der Waals surface area contributed by atoms with Crippen LogP contribution in [0.3, 0.4) is 0 Å². The van der Waals surface area contributed by atoms with Gasteiger partial charge in [-0.3, -0.25) is 4.79 Å². The van der Waals surface area contributed by atoms with Crippen molar-refractivity contribution in [2.24, 2.45) is 0 Å². The zero-order valence-corrected chi connectivity index (χ0v) is 18.1. The van der Waals surface area contributed by atoms with Gasteiger partial charge < -0.3 is 4.74 Å². The van der Waals surface area contributed by atoms with E-state index in [9.17, 15) is 4.79 Å². The summed E-state index contributed by atoms with van der Waals surface area (Å²) in [4.78, 5) is 13.1. The van der Waals surface area contributed by atoms with Crippen molar-refractivity contribution in [3.8, 4) is 28.5 Å². The third kappa shape index (κ3) is 4.16. The Morgan fingerprint density at radius 3 is 2.27 bits per heavy atom. The number of nitrogens with zero attached hydrogens (tertiary/aromatic N) is 5. The molecule has 7 nitrogen and oxygen atoms in total. The summed E-state index contributed by atoms with van der Waals surface area (Å²) >= 11 is 0. The van der Waals surface area contributed by atoms with Crippen LogP contribution in [0.25, 0.3) is 22.8 Å². The Hall–Kier alpha value is -4.52. The Morgan fingerprint density at radius 2 is 1.58 bits per heavy atom. The van der Waals surface area contributed by atoms with Gasteiger partial charge in [0.25, 0.3) is 5.43 Å². The first-order valence-corrected chi connectivity index (χ1v) is 10.5. The fourth-order valence-corrected chi connectivity index (χ4v) is 3.67. The summed E-state index contributed by atoms with van der Waals surface area (Å²) < 4.78 is 10.8. The highest BCUT2D eigenvalue weighted by Gasteiger charge is 2.18. The van der Waals surface area contributed by atoms with E-state index in [2.05, 4.69) is 26.9 Å². The standard InChI is InChI=1S/C26H22N5O2/c1-33-24-19-30(21-13-16-29(17-14-21)18-20-8-4-2-5-9-20)28-25(26(24)32)23-12-15-27-31(23)22-10-6-3-7-11-22/h2-17,19H,18H2,1H3/q+1. The molecular formula is C26H22N5O2+. The van der Waals surface area contributed by atoms with E-state index >= 15 is 0 Å². The third-order valence-electron chi connectivity index (χ3n) is 5.34. The van der Waals surface area contributed by atoms with Crippen LogP contribution in [0.15, 0.2) is 108 Å². The van der Waals surface area contributed by atoms with Crippen molar-refractivity contribution in [3.05, 3.63) is 119 Å². The molecular weight excluding hydrogens is 414 g/mol. The molecule has 7 heteroatoms. The molecule has 0 N–H and O–H groups in total. The second-order valence-electron chi connectivity index (χ2n) is 7.50. The van der Waals surface area contributed by atoms with Crippen molar-refractivity contribution in [1.29, 1.82) is 0 Å². The van der Waals surface area contributed by atoms with Crippen molar-refractivity contribution in [2.75, 3.05) is 7.11 Å². The number of rotatable bonds is 6. The summed E-state index contributed by atoms with van der Waals surface area (Å²) in [5.74, 6) is 0.210. The smallest absolute Gasteiger partial charge is 0.251 e. The third-order valence-corrected chi connectivity index (χ3v) is 5.34. The number of ether oxygens (including phenoxy) is 1. The number of para-hydroxylation sites is 1. The van der Waals surface area contributed by atoms with Crippen molar-refractivity contribution >= 4 is 0 Å².